The normalized spacial score (nSPS) is 13.7. The number of halogens is 1. The van der Waals surface area contributed by atoms with E-state index in [4.69, 9.17) is 16.3 Å². The minimum Gasteiger partial charge on any atom is -0.492 e. The number of aromatic nitrogens is 2. The van der Waals surface area contributed by atoms with Gasteiger partial charge in [0.2, 0.25) is 0 Å². The zero-order chi connectivity index (χ0) is 17.1. The van der Waals surface area contributed by atoms with Crippen molar-refractivity contribution >= 4 is 23.2 Å². The fraction of sp³-hybridized carbons (Fsp3) is 0.412. The topological polar surface area (TPSA) is 79.0 Å². The predicted octanol–water partition coefficient (Wildman–Crippen LogP) is 3.00. The van der Waals surface area contributed by atoms with Gasteiger partial charge in [0.05, 0.1) is 11.6 Å². The van der Waals surface area contributed by atoms with E-state index in [1.165, 1.54) is 0 Å². The maximum absolute atomic E-state index is 12.5. The van der Waals surface area contributed by atoms with Crippen LogP contribution in [0.1, 0.15) is 35.6 Å². The van der Waals surface area contributed by atoms with Crippen molar-refractivity contribution in [2.24, 2.45) is 5.92 Å². The number of rotatable bonds is 5. The van der Waals surface area contributed by atoms with Crippen LogP contribution >= 0.6 is 11.6 Å². The minimum atomic E-state index is -0.247. The highest BCUT2D eigenvalue weighted by molar-refractivity contribution is 6.32. The molecule has 2 aromatic rings. The molecule has 0 unspecified atom stereocenters. The van der Waals surface area contributed by atoms with Crippen molar-refractivity contribution in [1.82, 2.24) is 15.5 Å². The van der Waals surface area contributed by atoms with Crippen molar-refractivity contribution in [3.8, 4) is 5.75 Å². The van der Waals surface area contributed by atoms with Crippen molar-refractivity contribution in [3.63, 3.8) is 0 Å². The monoisotopic (exact) mass is 348 g/mol. The Morgan fingerprint density at radius 3 is 3.04 bits per heavy atom. The molecule has 1 amide bonds. The molecule has 24 heavy (non-hydrogen) atoms. The number of ether oxygens (including phenoxy) is 1. The van der Waals surface area contributed by atoms with Crippen molar-refractivity contribution < 1.29 is 9.53 Å². The Morgan fingerprint density at radius 2 is 2.29 bits per heavy atom. The first-order chi connectivity index (χ1) is 11.5. The van der Waals surface area contributed by atoms with E-state index in [1.807, 2.05) is 0 Å². The van der Waals surface area contributed by atoms with Crippen LogP contribution in [-0.2, 0) is 13.0 Å². The molecule has 0 aliphatic carbocycles. The highest BCUT2D eigenvalue weighted by Gasteiger charge is 2.21. The number of benzene rings is 1. The van der Waals surface area contributed by atoms with E-state index in [2.05, 4.69) is 34.7 Å². The fourth-order valence-corrected chi connectivity index (χ4v) is 2.79. The maximum atomic E-state index is 12.5. The van der Waals surface area contributed by atoms with E-state index < -0.39 is 0 Å². The quantitative estimate of drug-likeness (QED) is 0.776. The summed E-state index contributed by atoms with van der Waals surface area (Å²) in [4.78, 5) is 12.5. The molecule has 7 heteroatoms. The van der Waals surface area contributed by atoms with E-state index in [1.54, 1.807) is 18.2 Å². The summed E-state index contributed by atoms with van der Waals surface area (Å²) in [5.74, 6) is 0.785. The summed E-state index contributed by atoms with van der Waals surface area (Å²) in [6.07, 6.45) is 0.851. The number of hydrogen-bond donors (Lipinski definition) is 3. The maximum Gasteiger partial charge on any atom is 0.276 e. The summed E-state index contributed by atoms with van der Waals surface area (Å²) < 4.78 is 5.63. The van der Waals surface area contributed by atoms with Crippen LogP contribution in [0.15, 0.2) is 18.2 Å². The van der Waals surface area contributed by atoms with E-state index in [0.717, 1.165) is 24.2 Å². The molecule has 1 aromatic heterocycles. The van der Waals surface area contributed by atoms with E-state index in [0.29, 0.717) is 41.2 Å². The van der Waals surface area contributed by atoms with Gasteiger partial charge in [-0.1, -0.05) is 25.4 Å². The second-order valence-electron chi connectivity index (χ2n) is 6.26. The molecule has 0 fully saturated rings. The zero-order valence-corrected chi connectivity index (χ0v) is 14.5. The van der Waals surface area contributed by atoms with Crippen LogP contribution in [0.5, 0.6) is 5.75 Å². The van der Waals surface area contributed by atoms with Gasteiger partial charge in [-0.3, -0.25) is 9.89 Å². The van der Waals surface area contributed by atoms with Gasteiger partial charge in [0.25, 0.3) is 5.91 Å². The number of anilines is 1. The lowest BCUT2D eigenvalue weighted by Crippen LogP contribution is -2.25. The zero-order valence-electron chi connectivity index (χ0n) is 13.8. The van der Waals surface area contributed by atoms with Crippen molar-refractivity contribution in [1.29, 1.82) is 0 Å². The van der Waals surface area contributed by atoms with Crippen molar-refractivity contribution in [3.05, 3.63) is 40.2 Å². The highest BCUT2D eigenvalue weighted by atomic mass is 35.5. The molecule has 3 rings (SSSR count). The molecular weight excluding hydrogens is 328 g/mol. The van der Waals surface area contributed by atoms with Gasteiger partial charge in [-0.2, -0.15) is 5.10 Å². The number of H-pyrrole nitrogens is 1. The smallest absolute Gasteiger partial charge is 0.276 e. The molecule has 128 valence electrons. The van der Waals surface area contributed by atoms with Gasteiger partial charge in [-0.05, 0) is 24.1 Å². The first-order valence-corrected chi connectivity index (χ1v) is 8.43. The summed E-state index contributed by atoms with van der Waals surface area (Å²) in [7, 11) is 0. The van der Waals surface area contributed by atoms with E-state index in [9.17, 15) is 4.79 Å². The molecule has 0 saturated carbocycles. The van der Waals surface area contributed by atoms with Crippen LogP contribution in [0.25, 0.3) is 0 Å². The van der Waals surface area contributed by atoms with Crippen LogP contribution in [0.4, 0.5) is 5.69 Å². The number of amides is 1. The highest BCUT2D eigenvalue weighted by Crippen LogP contribution is 2.28. The van der Waals surface area contributed by atoms with Crippen LogP contribution in [-0.4, -0.2) is 29.3 Å². The van der Waals surface area contributed by atoms with Crippen molar-refractivity contribution in [2.75, 3.05) is 18.5 Å². The molecule has 0 spiro atoms. The lowest BCUT2D eigenvalue weighted by atomic mass is 10.1. The van der Waals surface area contributed by atoms with Gasteiger partial charge < -0.3 is 15.4 Å². The van der Waals surface area contributed by atoms with Crippen LogP contribution < -0.4 is 15.4 Å². The summed E-state index contributed by atoms with van der Waals surface area (Å²) >= 11 is 6.23. The van der Waals surface area contributed by atoms with E-state index in [-0.39, 0.29) is 5.91 Å². The molecule has 3 N–H and O–H groups in total. The average molecular weight is 349 g/mol. The Hall–Kier alpha value is -2.05. The second kappa shape index (κ2) is 7.23. The molecule has 0 radical (unpaired) electrons. The largest absolute Gasteiger partial charge is 0.492 e. The molecule has 0 atom stereocenters. The summed E-state index contributed by atoms with van der Waals surface area (Å²) in [5.41, 5.74) is 2.99. The summed E-state index contributed by atoms with van der Waals surface area (Å²) in [6.45, 7) is 6.28. The van der Waals surface area contributed by atoms with Gasteiger partial charge in [0.15, 0.2) is 5.69 Å². The third kappa shape index (κ3) is 3.71. The Morgan fingerprint density at radius 1 is 1.46 bits per heavy atom. The first-order valence-electron chi connectivity index (χ1n) is 8.05. The standard InChI is InChI=1S/C17H21ClN4O2/c1-10(2)9-24-15-4-3-11(7-13(15)18)20-17(23)16-12-8-19-6-5-14(12)21-22-16/h3-4,7,10,19H,5-6,8-9H2,1-2H3,(H,20,23)(H,21,22). The number of fused-ring (bicyclic) bond motifs is 1. The molecule has 6 nitrogen and oxygen atoms in total. The molecule has 1 aliphatic rings. The minimum absolute atomic E-state index is 0.247. The molecule has 1 aromatic carbocycles. The Labute approximate surface area is 145 Å². The van der Waals surface area contributed by atoms with Crippen molar-refractivity contribution in [2.45, 2.75) is 26.8 Å². The molecule has 0 saturated heterocycles. The first kappa shape index (κ1) is 16.8. The number of nitrogens with zero attached hydrogens (tertiary/aromatic N) is 1. The van der Waals surface area contributed by atoms with Crippen LogP contribution in [0, 0.1) is 5.92 Å². The molecule has 2 heterocycles. The summed E-state index contributed by atoms with van der Waals surface area (Å²) in [6, 6.07) is 5.23. The lowest BCUT2D eigenvalue weighted by molar-refractivity contribution is 0.102. The SMILES string of the molecule is CC(C)COc1ccc(NC(=O)c2n[nH]c3c2CNCC3)cc1Cl. The molecular formula is C17H21ClN4O2. The lowest BCUT2D eigenvalue weighted by Gasteiger charge is -2.13. The Bertz CT molecular complexity index is 742. The van der Waals surface area contributed by atoms with E-state index >= 15 is 0 Å². The van der Waals surface area contributed by atoms with Crippen LogP contribution in [0.3, 0.4) is 0 Å². The third-order valence-electron chi connectivity index (χ3n) is 3.78. The second-order valence-corrected chi connectivity index (χ2v) is 6.67. The number of carbonyl (C=O) groups is 1. The van der Waals surface area contributed by atoms with Gasteiger partial charge in [0, 0.05) is 36.5 Å². The fourth-order valence-electron chi connectivity index (χ4n) is 2.56. The van der Waals surface area contributed by atoms with Gasteiger partial charge >= 0.3 is 0 Å². The van der Waals surface area contributed by atoms with Gasteiger partial charge in [-0.25, -0.2) is 0 Å². The molecule has 0 bridgehead atoms. The third-order valence-corrected chi connectivity index (χ3v) is 4.08. The molecule has 1 aliphatic heterocycles. The Kier molecular flexibility index (Phi) is 5.06. The predicted molar refractivity (Wildman–Crippen MR) is 93.7 cm³/mol. The average Bonchev–Trinajstić information content (AvgIpc) is 2.98. The van der Waals surface area contributed by atoms with Gasteiger partial charge in [-0.15, -0.1) is 0 Å². The van der Waals surface area contributed by atoms with Gasteiger partial charge in [0.1, 0.15) is 5.75 Å². The van der Waals surface area contributed by atoms with Crippen LogP contribution in [0.2, 0.25) is 5.02 Å². The summed E-state index contributed by atoms with van der Waals surface area (Å²) in [5, 5.41) is 13.6. The number of carbonyl (C=O) groups excluding carboxylic acids is 1. The number of nitrogens with one attached hydrogen (secondary N) is 3. The number of aromatic amines is 1. The Balaban J connectivity index is 1.70. The number of hydrogen-bond acceptors (Lipinski definition) is 4.